The summed E-state index contributed by atoms with van der Waals surface area (Å²) in [6, 6.07) is 5.95. The molecule has 0 unspecified atom stereocenters. The maximum absolute atomic E-state index is 12.5. The molecule has 0 bridgehead atoms. The highest BCUT2D eigenvalue weighted by Gasteiger charge is 2.28. The highest BCUT2D eigenvalue weighted by Crippen LogP contribution is 2.30. The Balaban J connectivity index is 2.19. The van der Waals surface area contributed by atoms with Crippen molar-refractivity contribution in [2.24, 2.45) is 0 Å². The number of hydrogen-bond acceptors (Lipinski definition) is 4. The summed E-state index contributed by atoms with van der Waals surface area (Å²) in [6.45, 7) is 0.753. The van der Waals surface area contributed by atoms with Crippen LogP contribution in [0.3, 0.4) is 0 Å². The lowest BCUT2D eigenvalue weighted by atomic mass is 9.91. The van der Waals surface area contributed by atoms with Crippen molar-refractivity contribution >= 4 is 15.5 Å². The fourth-order valence-electron chi connectivity index (χ4n) is 2.39. The Labute approximate surface area is 123 Å². The Morgan fingerprint density at radius 3 is 2.29 bits per heavy atom. The van der Waals surface area contributed by atoms with Gasteiger partial charge in [-0.25, -0.2) is 8.42 Å². The SMILES string of the molecule is O=S(=O)(c1ccc(N(CCCO)C2CCC2)cc1)C(F)F. The minimum absolute atomic E-state index is 0.0844. The molecule has 2 rings (SSSR count). The summed E-state index contributed by atoms with van der Waals surface area (Å²) in [5.41, 5.74) is 0.807. The van der Waals surface area contributed by atoms with Crippen molar-refractivity contribution in [1.29, 1.82) is 0 Å². The van der Waals surface area contributed by atoms with Gasteiger partial charge in [0.05, 0.1) is 4.90 Å². The first-order valence-corrected chi connectivity index (χ1v) is 8.51. The molecular weight excluding hydrogens is 300 g/mol. The molecule has 0 amide bonds. The van der Waals surface area contributed by atoms with E-state index >= 15 is 0 Å². The number of halogens is 2. The maximum atomic E-state index is 12.5. The van der Waals surface area contributed by atoms with E-state index in [4.69, 9.17) is 5.11 Å². The first-order chi connectivity index (χ1) is 9.96. The fourth-order valence-corrected chi connectivity index (χ4v) is 3.11. The van der Waals surface area contributed by atoms with Gasteiger partial charge in [0.25, 0.3) is 0 Å². The van der Waals surface area contributed by atoms with Gasteiger partial charge in [0.2, 0.25) is 9.84 Å². The van der Waals surface area contributed by atoms with Crippen LogP contribution >= 0.6 is 0 Å². The average Bonchev–Trinajstić information content (AvgIpc) is 2.41. The molecule has 1 aliphatic carbocycles. The molecule has 0 atom stereocenters. The molecule has 1 aromatic carbocycles. The Morgan fingerprint density at radius 1 is 1.24 bits per heavy atom. The summed E-state index contributed by atoms with van der Waals surface area (Å²) >= 11 is 0. The van der Waals surface area contributed by atoms with E-state index in [1.54, 1.807) is 12.1 Å². The van der Waals surface area contributed by atoms with Gasteiger partial charge in [0.1, 0.15) is 0 Å². The highest BCUT2D eigenvalue weighted by molar-refractivity contribution is 7.91. The predicted octanol–water partition coefficient (Wildman–Crippen LogP) is 2.42. The number of alkyl halides is 2. The van der Waals surface area contributed by atoms with Gasteiger partial charge < -0.3 is 10.0 Å². The van der Waals surface area contributed by atoms with Crippen LogP contribution in [0.5, 0.6) is 0 Å². The van der Waals surface area contributed by atoms with E-state index in [9.17, 15) is 17.2 Å². The second kappa shape index (κ2) is 6.70. The Morgan fingerprint density at radius 2 is 1.86 bits per heavy atom. The van der Waals surface area contributed by atoms with Crippen LogP contribution in [0.1, 0.15) is 25.7 Å². The highest BCUT2D eigenvalue weighted by atomic mass is 32.2. The van der Waals surface area contributed by atoms with Crippen LogP contribution < -0.4 is 4.90 Å². The fraction of sp³-hybridized carbons (Fsp3) is 0.571. The maximum Gasteiger partial charge on any atom is 0.341 e. The number of anilines is 1. The number of rotatable bonds is 7. The smallest absolute Gasteiger partial charge is 0.341 e. The third-order valence-corrected chi connectivity index (χ3v) is 5.20. The minimum Gasteiger partial charge on any atom is -0.396 e. The molecule has 0 radical (unpaired) electrons. The zero-order valence-corrected chi connectivity index (χ0v) is 12.4. The number of aliphatic hydroxyl groups is 1. The third kappa shape index (κ3) is 3.52. The molecule has 7 heteroatoms. The first-order valence-electron chi connectivity index (χ1n) is 6.96. The van der Waals surface area contributed by atoms with Gasteiger partial charge in [-0.05, 0) is 49.9 Å². The summed E-state index contributed by atoms with van der Waals surface area (Å²) in [7, 11) is -4.54. The van der Waals surface area contributed by atoms with E-state index in [0.717, 1.165) is 24.9 Å². The van der Waals surface area contributed by atoms with Crippen LogP contribution in [-0.4, -0.2) is 38.5 Å². The van der Waals surface area contributed by atoms with E-state index < -0.39 is 15.6 Å². The van der Waals surface area contributed by atoms with Crippen LogP contribution in [0.15, 0.2) is 29.2 Å². The topological polar surface area (TPSA) is 57.6 Å². The van der Waals surface area contributed by atoms with E-state index in [1.807, 2.05) is 0 Å². The average molecular weight is 319 g/mol. The molecule has 0 heterocycles. The molecule has 1 saturated carbocycles. The van der Waals surface area contributed by atoms with Crippen molar-refractivity contribution in [3.63, 3.8) is 0 Å². The van der Waals surface area contributed by atoms with Crippen LogP contribution in [0, 0.1) is 0 Å². The number of nitrogens with zero attached hydrogens (tertiary/aromatic N) is 1. The molecule has 0 spiro atoms. The van der Waals surface area contributed by atoms with Gasteiger partial charge in [-0.3, -0.25) is 0 Å². The van der Waals surface area contributed by atoms with Gasteiger partial charge in [-0.15, -0.1) is 0 Å². The molecular formula is C14H19F2NO3S. The molecule has 1 aliphatic rings. The first kappa shape index (κ1) is 16.2. The monoisotopic (exact) mass is 319 g/mol. The molecule has 4 nitrogen and oxygen atoms in total. The van der Waals surface area contributed by atoms with Gasteiger partial charge in [-0.1, -0.05) is 0 Å². The van der Waals surface area contributed by atoms with Crippen molar-refractivity contribution < 1.29 is 22.3 Å². The summed E-state index contributed by atoms with van der Waals surface area (Å²) in [4.78, 5) is 1.75. The largest absolute Gasteiger partial charge is 0.396 e. The predicted molar refractivity (Wildman–Crippen MR) is 76.3 cm³/mol. The molecule has 21 heavy (non-hydrogen) atoms. The van der Waals surface area contributed by atoms with Gasteiger partial charge in [0.15, 0.2) is 0 Å². The van der Waals surface area contributed by atoms with Crippen molar-refractivity contribution in [2.45, 2.75) is 42.4 Å². The Hall–Kier alpha value is -1.21. The summed E-state index contributed by atoms with van der Waals surface area (Å²) in [5.74, 6) is -3.40. The molecule has 1 N–H and O–H groups in total. The van der Waals surface area contributed by atoms with E-state index in [2.05, 4.69) is 4.90 Å². The quantitative estimate of drug-likeness (QED) is 0.838. The molecule has 1 fully saturated rings. The molecule has 0 saturated heterocycles. The molecule has 1 aromatic rings. The third-order valence-electron chi connectivity index (χ3n) is 3.80. The Kier molecular flexibility index (Phi) is 5.16. The number of sulfone groups is 1. The lowest BCUT2D eigenvalue weighted by Gasteiger charge is -2.39. The molecule has 0 aromatic heterocycles. The lowest BCUT2D eigenvalue weighted by molar-refractivity contribution is 0.234. The summed E-state index contributed by atoms with van der Waals surface area (Å²) in [6.07, 6.45) is 3.89. The lowest BCUT2D eigenvalue weighted by Crippen LogP contribution is -2.41. The van der Waals surface area contributed by atoms with E-state index in [-0.39, 0.29) is 11.5 Å². The van der Waals surface area contributed by atoms with Crippen molar-refractivity contribution in [2.75, 3.05) is 18.1 Å². The second-order valence-corrected chi connectivity index (χ2v) is 7.07. The normalized spacial score (nSPS) is 16.0. The van der Waals surface area contributed by atoms with Gasteiger partial charge >= 0.3 is 5.76 Å². The Bertz CT molecular complexity index is 556. The summed E-state index contributed by atoms with van der Waals surface area (Å²) < 4.78 is 47.8. The van der Waals surface area contributed by atoms with E-state index in [0.29, 0.717) is 19.0 Å². The number of benzene rings is 1. The molecule has 118 valence electrons. The van der Waals surface area contributed by atoms with Crippen LogP contribution in [0.25, 0.3) is 0 Å². The van der Waals surface area contributed by atoms with Crippen LogP contribution in [-0.2, 0) is 9.84 Å². The zero-order valence-electron chi connectivity index (χ0n) is 11.6. The molecule has 0 aliphatic heterocycles. The number of hydrogen-bond donors (Lipinski definition) is 1. The summed E-state index contributed by atoms with van der Waals surface area (Å²) in [5, 5.41) is 8.96. The van der Waals surface area contributed by atoms with Crippen molar-refractivity contribution in [3.05, 3.63) is 24.3 Å². The van der Waals surface area contributed by atoms with Crippen molar-refractivity contribution in [1.82, 2.24) is 0 Å². The number of aliphatic hydroxyl groups excluding tert-OH is 1. The van der Waals surface area contributed by atoms with Gasteiger partial charge in [0, 0.05) is 24.9 Å². The van der Waals surface area contributed by atoms with Gasteiger partial charge in [-0.2, -0.15) is 8.78 Å². The minimum atomic E-state index is -4.54. The van der Waals surface area contributed by atoms with Crippen LogP contribution in [0.2, 0.25) is 0 Å². The standard InChI is InChI=1S/C14H19F2NO3S/c15-14(16)21(19,20)13-7-5-12(6-8-13)17(9-2-10-18)11-3-1-4-11/h5-8,11,14,18H,1-4,9-10H2. The second-order valence-electron chi connectivity index (χ2n) is 5.15. The van der Waals surface area contributed by atoms with Crippen LogP contribution in [0.4, 0.5) is 14.5 Å². The van der Waals surface area contributed by atoms with E-state index in [1.165, 1.54) is 12.1 Å². The van der Waals surface area contributed by atoms with Crippen molar-refractivity contribution in [3.8, 4) is 0 Å². The zero-order chi connectivity index (χ0) is 15.5.